The van der Waals surface area contributed by atoms with Crippen molar-refractivity contribution in [3.05, 3.63) is 41.2 Å². The van der Waals surface area contributed by atoms with Crippen LogP contribution in [-0.2, 0) is 21.2 Å². The van der Waals surface area contributed by atoms with E-state index in [1.54, 1.807) is 21.0 Å². The molecule has 8 nitrogen and oxygen atoms in total. The molecule has 0 aliphatic heterocycles. The highest BCUT2D eigenvalue weighted by molar-refractivity contribution is 7.89. The minimum atomic E-state index is -3.78. The molecule has 1 aromatic carbocycles. The standard InChI is InChI=1S/C16H22N4O4S/c1-11-16(12(2)20-19-11)25(22,23)18-10-15(21)17-9-8-13-4-6-14(24-3)7-5-13/h4-7,18H,8-10H2,1-3H3,(H,17,21)(H,19,20). The molecule has 0 atom stereocenters. The number of carbonyl (C=O) groups is 1. The summed E-state index contributed by atoms with van der Waals surface area (Å²) < 4.78 is 31.8. The van der Waals surface area contributed by atoms with Crippen molar-refractivity contribution in [2.75, 3.05) is 20.2 Å². The van der Waals surface area contributed by atoms with Crippen LogP contribution >= 0.6 is 0 Å². The van der Waals surface area contributed by atoms with Crippen molar-refractivity contribution in [3.8, 4) is 5.75 Å². The number of H-pyrrole nitrogens is 1. The fraction of sp³-hybridized carbons (Fsp3) is 0.375. The summed E-state index contributed by atoms with van der Waals surface area (Å²) in [5.74, 6) is 0.378. The third kappa shape index (κ3) is 5.04. The van der Waals surface area contributed by atoms with Crippen molar-refractivity contribution < 1.29 is 17.9 Å². The predicted octanol–water partition coefficient (Wildman–Crippen LogP) is 0.672. The van der Waals surface area contributed by atoms with E-state index in [9.17, 15) is 13.2 Å². The molecule has 1 heterocycles. The van der Waals surface area contributed by atoms with Gasteiger partial charge in [0.05, 0.1) is 25.0 Å². The molecule has 1 amide bonds. The molecule has 9 heteroatoms. The Morgan fingerprint density at radius 2 is 1.92 bits per heavy atom. The molecule has 3 N–H and O–H groups in total. The van der Waals surface area contributed by atoms with E-state index in [0.29, 0.717) is 24.4 Å². The summed E-state index contributed by atoms with van der Waals surface area (Å²) in [7, 11) is -2.18. The second-order valence-corrected chi connectivity index (χ2v) is 7.24. The largest absolute Gasteiger partial charge is 0.497 e. The van der Waals surface area contributed by atoms with Crippen LogP contribution in [0.5, 0.6) is 5.75 Å². The second-order valence-electron chi connectivity index (χ2n) is 5.54. The fourth-order valence-electron chi connectivity index (χ4n) is 2.37. The number of aromatic amines is 1. The molecule has 0 bridgehead atoms. The average molecular weight is 366 g/mol. The number of amides is 1. The van der Waals surface area contributed by atoms with Gasteiger partial charge in [-0.3, -0.25) is 9.89 Å². The lowest BCUT2D eigenvalue weighted by Crippen LogP contribution is -2.37. The highest BCUT2D eigenvalue weighted by Gasteiger charge is 2.22. The van der Waals surface area contributed by atoms with Gasteiger partial charge in [-0.05, 0) is 38.0 Å². The minimum absolute atomic E-state index is 0.0820. The number of rotatable bonds is 8. The first-order valence-corrected chi connectivity index (χ1v) is 9.22. The van der Waals surface area contributed by atoms with Crippen LogP contribution in [0.4, 0.5) is 0 Å². The van der Waals surface area contributed by atoms with Crippen LogP contribution in [0.15, 0.2) is 29.2 Å². The monoisotopic (exact) mass is 366 g/mol. The zero-order chi connectivity index (χ0) is 18.4. The summed E-state index contributed by atoms with van der Waals surface area (Å²) in [4.78, 5) is 11.9. The molecule has 0 aliphatic rings. The number of benzene rings is 1. The van der Waals surface area contributed by atoms with Crippen LogP contribution in [-0.4, -0.2) is 44.7 Å². The molecule has 0 saturated carbocycles. The number of aryl methyl sites for hydroxylation is 2. The van der Waals surface area contributed by atoms with Crippen LogP contribution in [0.25, 0.3) is 0 Å². The first-order valence-electron chi connectivity index (χ1n) is 7.74. The smallest absolute Gasteiger partial charge is 0.244 e. The lowest BCUT2D eigenvalue weighted by Gasteiger charge is -2.08. The van der Waals surface area contributed by atoms with Gasteiger partial charge in [0.1, 0.15) is 10.6 Å². The van der Waals surface area contributed by atoms with E-state index in [-0.39, 0.29) is 11.4 Å². The first-order chi connectivity index (χ1) is 11.8. The van der Waals surface area contributed by atoms with Crippen LogP contribution in [0, 0.1) is 13.8 Å². The van der Waals surface area contributed by atoms with Crippen molar-refractivity contribution in [1.82, 2.24) is 20.2 Å². The van der Waals surface area contributed by atoms with Gasteiger partial charge >= 0.3 is 0 Å². The Kier molecular flexibility index (Phi) is 6.16. The quantitative estimate of drug-likeness (QED) is 0.636. The third-order valence-electron chi connectivity index (χ3n) is 3.65. The highest BCUT2D eigenvalue weighted by atomic mass is 32.2. The van der Waals surface area contributed by atoms with Crippen LogP contribution in [0.3, 0.4) is 0 Å². The van der Waals surface area contributed by atoms with Gasteiger partial charge in [-0.15, -0.1) is 0 Å². The van der Waals surface area contributed by atoms with E-state index >= 15 is 0 Å². The first kappa shape index (κ1) is 18.9. The SMILES string of the molecule is COc1ccc(CCNC(=O)CNS(=O)(=O)c2c(C)n[nH]c2C)cc1. The molecule has 2 aromatic rings. The molecule has 25 heavy (non-hydrogen) atoms. The second kappa shape index (κ2) is 8.13. The number of nitrogens with one attached hydrogen (secondary N) is 3. The maximum atomic E-state index is 12.2. The maximum Gasteiger partial charge on any atom is 0.244 e. The summed E-state index contributed by atoms with van der Waals surface area (Å²) in [6.07, 6.45) is 0.641. The molecule has 0 radical (unpaired) electrons. The van der Waals surface area contributed by atoms with Gasteiger partial charge in [-0.2, -0.15) is 5.10 Å². The van der Waals surface area contributed by atoms with Crippen LogP contribution in [0.2, 0.25) is 0 Å². The molecule has 0 spiro atoms. The van der Waals surface area contributed by atoms with Crippen LogP contribution in [0.1, 0.15) is 17.0 Å². The van der Waals surface area contributed by atoms with Gasteiger partial charge in [0, 0.05) is 6.54 Å². The minimum Gasteiger partial charge on any atom is -0.497 e. The molecule has 0 unspecified atom stereocenters. The third-order valence-corrected chi connectivity index (χ3v) is 5.31. The Bertz CT molecular complexity index is 809. The maximum absolute atomic E-state index is 12.2. The number of hydrogen-bond donors (Lipinski definition) is 3. The molecule has 0 fully saturated rings. The molecule has 136 valence electrons. The van der Waals surface area contributed by atoms with Gasteiger partial charge in [0.15, 0.2) is 0 Å². The Morgan fingerprint density at radius 1 is 1.24 bits per heavy atom. The van der Waals surface area contributed by atoms with Crippen molar-refractivity contribution in [1.29, 1.82) is 0 Å². The van der Waals surface area contributed by atoms with E-state index in [1.807, 2.05) is 24.3 Å². The molecular weight excluding hydrogens is 344 g/mol. The van der Waals surface area contributed by atoms with Crippen molar-refractivity contribution >= 4 is 15.9 Å². The Morgan fingerprint density at radius 3 is 2.48 bits per heavy atom. The summed E-state index contributed by atoms with van der Waals surface area (Å²) in [6, 6.07) is 7.53. The number of aromatic nitrogens is 2. The van der Waals surface area contributed by atoms with Gasteiger partial charge in [-0.1, -0.05) is 12.1 Å². The highest BCUT2D eigenvalue weighted by Crippen LogP contribution is 2.15. The molecule has 1 aromatic heterocycles. The van der Waals surface area contributed by atoms with Crippen LogP contribution < -0.4 is 14.8 Å². The van der Waals surface area contributed by atoms with E-state index in [4.69, 9.17) is 4.74 Å². The number of ether oxygens (including phenoxy) is 1. The Balaban J connectivity index is 1.80. The summed E-state index contributed by atoms with van der Waals surface area (Å²) >= 11 is 0. The van der Waals surface area contributed by atoms with E-state index in [2.05, 4.69) is 20.2 Å². The molecule has 0 saturated heterocycles. The number of sulfonamides is 1. The van der Waals surface area contributed by atoms with Gasteiger partial charge in [-0.25, -0.2) is 13.1 Å². The van der Waals surface area contributed by atoms with Gasteiger partial charge in [0.2, 0.25) is 15.9 Å². The van der Waals surface area contributed by atoms with E-state index in [0.717, 1.165) is 11.3 Å². The number of hydrogen-bond acceptors (Lipinski definition) is 5. The number of methoxy groups -OCH3 is 1. The Labute approximate surface area is 147 Å². The number of carbonyl (C=O) groups excluding carboxylic acids is 1. The van der Waals surface area contributed by atoms with Crippen molar-refractivity contribution in [3.63, 3.8) is 0 Å². The lowest BCUT2D eigenvalue weighted by molar-refractivity contribution is -0.119. The lowest BCUT2D eigenvalue weighted by atomic mass is 10.1. The topological polar surface area (TPSA) is 113 Å². The van der Waals surface area contributed by atoms with E-state index < -0.39 is 15.9 Å². The van der Waals surface area contributed by atoms with E-state index in [1.165, 1.54) is 0 Å². The molecule has 0 aliphatic carbocycles. The molecular formula is C16H22N4O4S. The summed E-state index contributed by atoms with van der Waals surface area (Å²) in [6.45, 7) is 3.29. The summed E-state index contributed by atoms with van der Waals surface area (Å²) in [5.41, 5.74) is 1.85. The van der Waals surface area contributed by atoms with Crippen molar-refractivity contribution in [2.24, 2.45) is 0 Å². The molecule has 2 rings (SSSR count). The summed E-state index contributed by atoms with van der Waals surface area (Å²) in [5, 5.41) is 9.15. The Hall–Kier alpha value is -2.39. The zero-order valence-corrected chi connectivity index (χ0v) is 15.2. The number of nitrogens with zero attached hydrogens (tertiary/aromatic N) is 1. The van der Waals surface area contributed by atoms with Crippen molar-refractivity contribution in [2.45, 2.75) is 25.2 Å². The predicted molar refractivity (Wildman–Crippen MR) is 93.0 cm³/mol. The van der Waals surface area contributed by atoms with Gasteiger partial charge in [0.25, 0.3) is 0 Å². The average Bonchev–Trinajstić information content (AvgIpc) is 2.93. The fourth-order valence-corrected chi connectivity index (χ4v) is 3.72. The normalized spacial score (nSPS) is 11.3. The van der Waals surface area contributed by atoms with Gasteiger partial charge < -0.3 is 10.1 Å². The zero-order valence-electron chi connectivity index (χ0n) is 14.4.